The molecule has 1 heterocycles. The first-order valence-electron chi connectivity index (χ1n) is 6.31. The summed E-state index contributed by atoms with van der Waals surface area (Å²) in [6.45, 7) is 0. The lowest BCUT2D eigenvalue weighted by atomic mass is 10.2. The van der Waals surface area contributed by atoms with Crippen LogP contribution in [0, 0.1) is 0 Å². The standard InChI is InChI=1S/C13H11Br2N3O2S/c14-7-1-4-9(10(15)5-7)12-16-17-13(21-6-11(19)20)18(12)8-2-3-8/h1,4-5,8H,2-3,6H2,(H,19,20). The minimum absolute atomic E-state index is 0.00758. The predicted molar refractivity (Wildman–Crippen MR) is 87.5 cm³/mol. The molecule has 110 valence electrons. The maximum Gasteiger partial charge on any atom is 0.313 e. The molecule has 1 saturated carbocycles. The highest BCUT2D eigenvalue weighted by Crippen LogP contribution is 2.42. The third-order valence-electron chi connectivity index (χ3n) is 3.07. The zero-order valence-electron chi connectivity index (χ0n) is 10.8. The summed E-state index contributed by atoms with van der Waals surface area (Å²) in [4.78, 5) is 10.7. The third-order valence-corrected chi connectivity index (χ3v) is 5.15. The smallest absolute Gasteiger partial charge is 0.313 e. The van der Waals surface area contributed by atoms with Crippen molar-refractivity contribution < 1.29 is 9.90 Å². The number of carbonyl (C=O) groups is 1. The van der Waals surface area contributed by atoms with Crippen LogP contribution in [0.15, 0.2) is 32.3 Å². The molecular formula is C13H11Br2N3O2S. The Balaban J connectivity index is 2.00. The van der Waals surface area contributed by atoms with E-state index in [1.165, 1.54) is 11.8 Å². The summed E-state index contributed by atoms with van der Waals surface area (Å²) in [6, 6.07) is 6.27. The molecule has 2 aromatic rings. The summed E-state index contributed by atoms with van der Waals surface area (Å²) in [6.07, 6.45) is 2.17. The molecule has 1 N–H and O–H groups in total. The number of nitrogens with zero attached hydrogens (tertiary/aromatic N) is 3. The number of hydrogen-bond acceptors (Lipinski definition) is 4. The molecule has 8 heteroatoms. The number of hydrogen-bond donors (Lipinski definition) is 1. The molecule has 1 fully saturated rings. The molecule has 5 nitrogen and oxygen atoms in total. The van der Waals surface area contributed by atoms with Crippen LogP contribution >= 0.6 is 43.6 Å². The van der Waals surface area contributed by atoms with Crippen molar-refractivity contribution >= 4 is 49.6 Å². The SMILES string of the molecule is O=C(O)CSc1nnc(-c2ccc(Br)cc2Br)n1C1CC1. The van der Waals surface area contributed by atoms with E-state index in [0.29, 0.717) is 11.2 Å². The molecule has 0 unspecified atom stereocenters. The van der Waals surface area contributed by atoms with Gasteiger partial charge in [0.15, 0.2) is 11.0 Å². The predicted octanol–water partition coefficient (Wildman–Crippen LogP) is 3.98. The van der Waals surface area contributed by atoms with Crippen molar-refractivity contribution in [2.24, 2.45) is 0 Å². The molecule has 0 saturated heterocycles. The van der Waals surface area contributed by atoms with Crippen molar-refractivity contribution in [1.29, 1.82) is 0 Å². The highest BCUT2D eigenvalue weighted by molar-refractivity contribution is 9.11. The van der Waals surface area contributed by atoms with E-state index in [1.54, 1.807) is 0 Å². The molecule has 1 aliphatic rings. The van der Waals surface area contributed by atoms with Gasteiger partial charge >= 0.3 is 5.97 Å². The van der Waals surface area contributed by atoms with Gasteiger partial charge < -0.3 is 5.11 Å². The molecular weight excluding hydrogens is 422 g/mol. The minimum Gasteiger partial charge on any atom is -0.481 e. The topological polar surface area (TPSA) is 68.0 Å². The number of carboxylic acids is 1. The summed E-state index contributed by atoms with van der Waals surface area (Å²) in [5.74, 6) is -0.0756. The fourth-order valence-electron chi connectivity index (χ4n) is 2.02. The number of rotatable bonds is 5. The molecule has 1 aromatic heterocycles. The quantitative estimate of drug-likeness (QED) is 0.723. The lowest BCUT2D eigenvalue weighted by Gasteiger charge is -2.09. The maximum absolute atomic E-state index is 10.7. The average molecular weight is 433 g/mol. The highest BCUT2D eigenvalue weighted by Gasteiger charge is 2.30. The normalized spacial score (nSPS) is 14.4. The van der Waals surface area contributed by atoms with E-state index in [1.807, 2.05) is 18.2 Å². The minimum atomic E-state index is -0.850. The molecule has 0 bridgehead atoms. The first-order chi connectivity index (χ1) is 10.1. The van der Waals surface area contributed by atoms with E-state index in [4.69, 9.17) is 5.11 Å². The highest BCUT2D eigenvalue weighted by atomic mass is 79.9. The van der Waals surface area contributed by atoms with Crippen LogP contribution in [0.1, 0.15) is 18.9 Å². The Morgan fingerprint density at radius 1 is 1.38 bits per heavy atom. The number of carboxylic acid groups (broad SMARTS) is 1. The van der Waals surface area contributed by atoms with Crippen molar-refractivity contribution in [2.45, 2.75) is 24.0 Å². The first kappa shape index (κ1) is 15.1. The zero-order valence-corrected chi connectivity index (χ0v) is 14.8. The van der Waals surface area contributed by atoms with E-state index < -0.39 is 5.97 Å². The molecule has 21 heavy (non-hydrogen) atoms. The largest absolute Gasteiger partial charge is 0.481 e. The van der Waals surface area contributed by atoms with Crippen LogP contribution < -0.4 is 0 Å². The summed E-state index contributed by atoms with van der Waals surface area (Å²) >= 11 is 8.19. The van der Waals surface area contributed by atoms with Crippen molar-refractivity contribution in [2.75, 3.05) is 5.75 Å². The van der Waals surface area contributed by atoms with Gasteiger partial charge in [-0.15, -0.1) is 10.2 Å². The number of halogens is 2. The lowest BCUT2D eigenvalue weighted by molar-refractivity contribution is -0.133. The summed E-state index contributed by atoms with van der Waals surface area (Å²) in [5.41, 5.74) is 0.958. The van der Waals surface area contributed by atoms with E-state index in [-0.39, 0.29) is 5.75 Å². The number of thioether (sulfide) groups is 1. The first-order valence-corrected chi connectivity index (χ1v) is 8.88. The van der Waals surface area contributed by atoms with Gasteiger partial charge in [0.1, 0.15) is 0 Å². The molecule has 0 radical (unpaired) electrons. The Bertz CT molecular complexity index is 701. The summed E-state index contributed by atoms with van der Waals surface area (Å²) in [7, 11) is 0. The van der Waals surface area contributed by atoms with Crippen LogP contribution in [0.25, 0.3) is 11.4 Å². The fourth-order valence-corrected chi connectivity index (χ4v) is 3.97. The maximum atomic E-state index is 10.7. The van der Waals surface area contributed by atoms with Crippen LogP contribution in [0.3, 0.4) is 0 Å². The second kappa shape index (κ2) is 6.10. The van der Waals surface area contributed by atoms with Gasteiger partial charge in [0.25, 0.3) is 0 Å². The van der Waals surface area contributed by atoms with Crippen LogP contribution in [0.4, 0.5) is 0 Å². The van der Waals surface area contributed by atoms with Crippen LogP contribution in [0.5, 0.6) is 0 Å². The third kappa shape index (κ3) is 3.32. The van der Waals surface area contributed by atoms with Gasteiger partial charge in [0.2, 0.25) is 0 Å². The molecule has 3 rings (SSSR count). The monoisotopic (exact) mass is 431 g/mol. The van der Waals surface area contributed by atoms with Crippen molar-refractivity contribution in [3.05, 3.63) is 27.1 Å². The number of aromatic nitrogens is 3. The van der Waals surface area contributed by atoms with Gasteiger partial charge in [-0.2, -0.15) is 0 Å². The summed E-state index contributed by atoms with van der Waals surface area (Å²) < 4.78 is 3.97. The Morgan fingerprint density at radius 2 is 2.14 bits per heavy atom. The van der Waals surface area contributed by atoms with Crippen molar-refractivity contribution in [1.82, 2.24) is 14.8 Å². The van der Waals surface area contributed by atoms with Gasteiger partial charge in [-0.3, -0.25) is 9.36 Å². The molecule has 1 aliphatic carbocycles. The molecule has 1 aromatic carbocycles. The average Bonchev–Trinajstić information content (AvgIpc) is 3.17. The van der Waals surface area contributed by atoms with Gasteiger partial charge in [-0.1, -0.05) is 27.7 Å². The molecule has 0 amide bonds. The zero-order chi connectivity index (χ0) is 15.0. The van der Waals surface area contributed by atoms with E-state index in [2.05, 4.69) is 46.6 Å². The Labute approximate surface area is 142 Å². The Kier molecular flexibility index (Phi) is 4.37. The number of benzene rings is 1. The molecule has 0 atom stereocenters. The van der Waals surface area contributed by atoms with Gasteiger partial charge in [0.05, 0.1) is 5.75 Å². The Morgan fingerprint density at radius 3 is 2.76 bits per heavy atom. The Hall–Kier alpha value is -0.860. The van der Waals surface area contributed by atoms with Crippen LogP contribution in [0.2, 0.25) is 0 Å². The summed E-state index contributed by atoms with van der Waals surface area (Å²) in [5, 5.41) is 17.9. The van der Waals surface area contributed by atoms with Crippen molar-refractivity contribution in [3.8, 4) is 11.4 Å². The van der Waals surface area contributed by atoms with E-state index >= 15 is 0 Å². The van der Waals surface area contributed by atoms with Gasteiger partial charge in [-0.05, 0) is 47.0 Å². The van der Waals surface area contributed by atoms with E-state index in [9.17, 15) is 4.79 Å². The number of aliphatic carboxylic acids is 1. The van der Waals surface area contributed by atoms with Crippen LogP contribution in [-0.4, -0.2) is 31.6 Å². The van der Waals surface area contributed by atoms with E-state index in [0.717, 1.165) is 33.2 Å². The molecule has 0 aliphatic heterocycles. The second-order valence-electron chi connectivity index (χ2n) is 4.71. The van der Waals surface area contributed by atoms with Gasteiger partial charge in [-0.25, -0.2) is 0 Å². The van der Waals surface area contributed by atoms with Crippen molar-refractivity contribution in [3.63, 3.8) is 0 Å². The van der Waals surface area contributed by atoms with Gasteiger partial charge in [0, 0.05) is 20.6 Å². The lowest BCUT2D eigenvalue weighted by Crippen LogP contribution is -2.03. The van der Waals surface area contributed by atoms with Crippen LogP contribution in [-0.2, 0) is 4.79 Å². The fraction of sp³-hybridized carbons (Fsp3) is 0.308. The second-order valence-corrected chi connectivity index (χ2v) is 7.43. The molecule has 0 spiro atoms.